The van der Waals surface area contributed by atoms with E-state index in [2.05, 4.69) is 21.8 Å². The summed E-state index contributed by atoms with van der Waals surface area (Å²) in [5.74, 6) is 0.707. The van der Waals surface area contributed by atoms with Crippen LogP contribution < -0.4 is 5.32 Å². The van der Waals surface area contributed by atoms with E-state index >= 15 is 0 Å². The van der Waals surface area contributed by atoms with Crippen molar-refractivity contribution in [3.8, 4) is 0 Å². The third kappa shape index (κ3) is 2.01. The first-order valence-corrected chi connectivity index (χ1v) is 7.22. The molecule has 1 N–H and O–H groups in total. The fourth-order valence-corrected chi connectivity index (χ4v) is 3.21. The molecule has 2 unspecified atom stereocenters. The molecule has 5 nitrogen and oxygen atoms in total. The molecule has 1 aliphatic heterocycles. The smallest absolute Gasteiger partial charge is 0.312 e. The lowest BCUT2D eigenvalue weighted by molar-refractivity contribution is -0.149. The number of carbonyl (C=O) groups is 1. The second kappa shape index (κ2) is 4.87. The molecule has 0 bridgehead atoms. The van der Waals surface area contributed by atoms with Gasteiger partial charge in [0.1, 0.15) is 0 Å². The predicted octanol–water partition coefficient (Wildman–Crippen LogP) is 1.93. The van der Waals surface area contributed by atoms with Gasteiger partial charge in [-0.3, -0.25) is 4.79 Å². The van der Waals surface area contributed by atoms with Crippen molar-refractivity contribution in [1.82, 2.24) is 9.55 Å². The Labute approximate surface area is 113 Å². The van der Waals surface area contributed by atoms with Gasteiger partial charge in [0, 0.05) is 18.3 Å². The van der Waals surface area contributed by atoms with Crippen molar-refractivity contribution in [3.63, 3.8) is 0 Å². The number of aryl methyl sites for hydroxylation is 1. The lowest BCUT2D eigenvalue weighted by Gasteiger charge is -2.31. The average molecular weight is 263 g/mol. The first-order chi connectivity index (χ1) is 9.22. The Morgan fingerprint density at radius 3 is 3.05 bits per heavy atom. The highest BCUT2D eigenvalue weighted by Gasteiger charge is 2.35. The number of nitrogens with zero attached hydrogens (tertiary/aromatic N) is 2. The van der Waals surface area contributed by atoms with Gasteiger partial charge in [-0.25, -0.2) is 4.98 Å². The van der Waals surface area contributed by atoms with E-state index in [9.17, 15) is 4.79 Å². The standard InChI is InChI=1S/C14H21N3O2/c1-3-19-13(18)10-8-15-14-16-11-6-4-5-7-12(11)17(14)9(10)2/h9-10H,3-8H2,1-2H3,(H,15,16). The van der Waals surface area contributed by atoms with Gasteiger partial charge in [0.15, 0.2) is 0 Å². The summed E-state index contributed by atoms with van der Waals surface area (Å²) < 4.78 is 7.40. The number of imidazole rings is 1. The van der Waals surface area contributed by atoms with Crippen LogP contribution in [0.15, 0.2) is 0 Å². The summed E-state index contributed by atoms with van der Waals surface area (Å²) in [7, 11) is 0. The molecule has 1 aliphatic carbocycles. The van der Waals surface area contributed by atoms with Gasteiger partial charge in [0.05, 0.1) is 18.2 Å². The number of anilines is 1. The number of esters is 1. The highest BCUT2D eigenvalue weighted by molar-refractivity contribution is 5.74. The van der Waals surface area contributed by atoms with E-state index in [1.165, 1.54) is 24.2 Å². The van der Waals surface area contributed by atoms with Crippen LogP contribution in [0.2, 0.25) is 0 Å². The van der Waals surface area contributed by atoms with Crippen LogP contribution in [0.1, 0.15) is 44.1 Å². The van der Waals surface area contributed by atoms with Crippen LogP contribution in [0.25, 0.3) is 0 Å². The second-order valence-electron chi connectivity index (χ2n) is 5.39. The lowest BCUT2D eigenvalue weighted by Crippen LogP contribution is -2.38. The summed E-state index contributed by atoms with van der Waals surface area (Å²) in [6.07, 6.45) is 4.58. The first-order valence-electron chi connectivity index (χ1n) is 7.22. The van der Waals surface area contributed by atoms with Crippen LogP contribution in [0.3, 0.4) is 0 Å². The molecule has 0 spiro atoms. The van der Waals surface area contributed by atoms with Crippen molar-refractivity contribution < 1.29 is 9.53 Å². The first kappa shape index (κ1) is 12.5. The fraction of sp³-hybridized carbons (Fsp3) is 0.714. The van der Waals surface area contributed by atoms with Crippen molar-refractivity contribution in [3.05, 3.63) is 11.4 Å². The Kier molecular flexibility index (Phi) is 3.21. The minimum atomic E-state index is -0.118. The number of ether oxygens (including phenoxy) is 1. The minimum Gasteiger partial charge on any atom is -0.466 e. The predicted molar refractivity (Wildman–Crippen MR) is 72.2 cm³/mol. The van der Waals surface area contributed by atoms with Gasteiger partial charge < -0.3 is 14.6 Å². The largest absolute Gasteiger partial charge is 0.466 e. The zero-order valence-electron chi connectivity index (χ0n) is 11.6. The number of carbonyl (C=O) groups excluding carboxylic acids is 1. The van der Waals surface area contributed by atoms with E-state index in [1.807, 2.05) is 6.92 Å². The van der Waals surface area contributed by atoms with Gasteiger partial charge in [-0.05, 0) is 39.5 Å². The maximum atomic E-state index is 12.0. The van der Waals surface area contributed by atoms with Crippen molar-refractivity contribution >= 4 is 11.9 Å². The third-order valence-corrected chi connectivity index (χ3v) is 4.23. The molecule has 0 amide bonds. The molecule has 2 heterocycles. The van der Waals surface area contributed by atoms with Crippen LogP contribution >= 0.6 is 0 Å². The van der Waals surface area contributed by atoms with Gasteiger partial charge in [0.2, 0.25) is 5.95 Å². The molecule has 1 aromatic rings. The van der Waals surface area contributed by atoms with Crippen molar-refractivity contribution in [2.45, 2.75) is 45.6 Å². The molecule has 2 atom stereocenters. The van der Waals surface area contributed by atoms with Crippen molar-refractivity contribution in [2.75, 3.05) is 18.5 Å². The number of aromatic nitrogens is 2. The minimum absolute atomic E-state index is 0.105. The molecule has 104 valence electrons. The second-order valence-corrected chi connectivity index (χ2v) is 5.39. The van der Waals surface area contributed by atoms with Crippen LogP contribution in [-0.4, -0.2) is 28.7 Å². The van der Waals surface area contributed by atoms with Crippen LogP contribution in [0.4, 0.5) is 5.95 Å². The zero-order chi connectivity index (χ0) is 13.4. The van der Waals surface area contributed by atoms with E-state index in [1.54, 1.807) is 0 Å². The van der Waals surface area contributed by atoms with E-state index in [0.717, 1.165) is 18.8 Å². The summed E-state index contributed by atoms with van der Waals surface area (Å²) in [6.45, 7) is 5.01. The molecule has 0 saturated heterocycles. The number of hydrogen-bond acceptors (Lipinski definition) is 4. The van der Waals surface area contributed by atoms with E-state index < -0.39 is 0 Å². The number of hydrogen-bond donors (Lipinski definition) is 1. The van der Waals surface area contributed by atoms with Crippen LogP contribution in [-0.2, 0) is 22.4 Å². The van der Waals surface area contributed by atoms with E-state index in [0.29, 0.717) is 13.2 Å². The maximum Gasteiger partial charge on any atom is 0.312 e. The topological polar surface area (TPSA) is 56.1 Å². The van der Waals surface area contributed by atoms with Gasteiger partial charge in [-0.2, -0.15) is 0 Å². The highest BCUT2D eigenvalue weighted by atomic mass is 16.5. The summed E-state index contributed by atoms with van der Waals surface area (Å²) in [6, 6.07) is 0.129. The Balaban J connectivity index is 1.92. The monoisotopic (exact) mass is 263 g/mol. The molecule has 0 radical (unpaired) electrons. The Hall–Kier alpha value is -1.52. The summed E-state index contributed by atoms with van der Waals surface area (Å²) in [5.41, 5.74) is 2.53. The molecule has 0 saturated carbocycles. The molecule has 3 rings (SSSR count). The number of nitrogens with one attached hydrogen (secondary N) is 1. The Morgan fingerprint density at radius 1 is 1.47 bits per heavy atom. The van der Waals surface area contributed by atoms with Crippen molar-refractivity contribution in [1.29, 1.82) is 0 Å². The van der Waals surface area contributed by atoms with Gasteiger partial charge in [-0.1, -0.05) is 0 Å². The number of rotatable bonds is 2. The summed E-state index contributed by atoms with van der Waals surface area (Å²) in [5, 5.41) is 3.29. The molecule has 2 aliphatic rings. The average Bonchev–Trinajstić information content (AvgIpc) is 2.78. The van der Waals surface area contributed by atoms with Crippen LogP contribution in [0, 0.1) is 5.92 Å². The maximum absolute atomic E-state index is 12.0. The Morgan fingerprint density at radius 2 is 2.26 bits per heavy atom. The molecule has 5 heteroatoms. The SMILES string of the molecule is CCOC(=O)C1CNc2nc3c(n2C1C)CCCC3. The summed E-state index contributed by atoms with van der Waals surface area (Å²) >= 11 is 0. The lowest BCUT2D eigenvalue weighted by atomic mass is 9.96. The third-order valence-electron chi connectivity index (χ3n) is 4.23. The van der Waals surface area contributed by atoms with E-state index in [4.69, 9.17) is 4.74 Å². The van der Waals surface area contributed by atoms with Crippen molar-refractivity contribution in [2.24, 2.45) is 5.92 Å². The number of fused-ring (bicyclic) bond motifs is 3. The van der Waals surface area contributed by atoms with Gasteiger partial charge in [0.25, 0.3) is 0 Å². The quantitative estimate of drug-likeness (QED) is 0.828. The van der Waals surface area contributed by atoms with Gasteiger partial charge >= 0.3 is 5.97 Å². The van der Waals surface area contributed by atoms with Gasteiger partial charge in [-0.15, -0.1) is 0 Å². The fourth-order valence-electron chi connectivity index (χ4n) is 3.21. The molecule has 1 aromatic heterocycles. The molecular formula is C14H21N3O2. The molecular weight excluding hydrogens is 242 g/mol. The molecule has 19 heavy (non-hydrogen) atoms. The van der Waals surface area contributed by atoms with Crippen LogP contribution in [0.5, 0.6) is 0 Å². The van der Waals surface area contributed by atoms with E-state index in [-0.39, 0.29) is 17.9 Å². The summed E-state index contributed by atoms with van der Waals surface area (Å²) in [4.78, 5) is 16.7. The highest BCUT2D eigenvalue weighted by Crippen LogP contribution is 2.34. The molecule has 0 aromatic carbocycles. The normalized spacial score (nSPS) is 25.2. The molecule has 0 fully saturated rings. The Bertz CT molecular complexity index is 495. The zero-order valence-corrected chi connectivity index (χ0v) is 11.6.